The van der Waals surface area contributed by atoms with Crippen molar-refractivity contribution in [1.82, 2.24) is 10.3 Å². The number of pyridine rings is 1. The Morgan fingerprint density at radius 2 is 1.95 bits per heavy atom. The topological polar surface area (TPSA) is 74.0 Å². The predicted octanol–water partition coefficient (Wildman–Crippen LogP) is 3.00. The van der Waals surface area contributed by atoms with Crippen LogP contribution in [0.15, 0.2) is 29.1 Å². The number of carbonyl (C=O) groups excluding carboxylic acids is 1. The molecule has 5 nitrogen and oxygen atoms in total. The molecule has 1 heterocycles. The highest BCUT2D eigenvalue weighted by atomic mass is 16.2. The van der Waals surface area contributed by atoms with Gasteiger partial charge in [-0.05, 0) is 35.9 Å². The molecular formula is C16H21N3O2. The number of fused-ring (bicyclic) bond motifs is 1. The molecule has 21 heavy (non-hydrogen) atoms. The van der Waals surface area contributed by atoms with Crippen LogP contribution in [0.4, 0.5) is 10.5 Å². The third-order valence-electron chi connectivity index (χ3n) is 3.07. The molecule has 0 aliphatic rings. The first-order chi connectivity index (χ1) is 9.74. The molecule has 0 spiro atoms. The summed E-state index contributed by atoms with van der Waals surface area (Å²) in [4.78, 5) is 26.2. The van der Waals surface area contributed by atoms with Gasteiger partial charge in [0.2, 0.25) is 0 Å². The normalized spacial score (nSPS) is 11.4. The van der Waals surface area contributed by atoms with Crippen LogP contribution in [0.3, 0.4) is 0 Å². The molecule has 1 aromatic carbocycles. The van der Waals surface area contributed by atoms with E-state index in [2.05, 4.69) is 36.4 Å². The summed E-state index contributed by atoms with van der Waals surface area (Å²) in [5.41, 5.74) is 1.94. The molecule has 0 aliphatic carbocycles. The van der Waals surface area contributed by atoms with Crippen LogP contribution in [0.5, 0.6) is 0 Å². The maximum absolute atomic E-state index is 11.8. The Bertz CT molecular complexity index is 726. The van der Waals surface area contributed by atoms with E-state index in [1.165, 1.54) is 0 Å². The number of amides is 2. The van der Waals surface area contributed by atoms with Crippen molar-refractivity contribution in [1.29, 1.82) is 0 Å². The van der Waals surface area contributed by atoms with Crippen molar-refractivity contribution in [3.05, 3.63) is 40.2 Å². The van der Waals surface area contributed by atoms with E-state index in [0.717, 1.165) is 5.39 Å². The van der Waals surface area contributed by atoms with Gasteiger partial charge in [-0.15, -0.1) is 0 Å². The molecule has 2 amide bonds. The van der Waals surface area contributed by atoms with Gasteiger partial charge in [-0.1, -0.05) is 26.8 Å². The number of anilines is 1. The van der Waals surface area contributed by atoms with Crippen molar-refractivity contribution < 1.29 is 4.79 Å². The number of benzene rings is 1. The van der Waals surface area contributed by atoms with Gasteiger partial charge in [0.05, 0.1) is 5.52 Å². The maximum Gasteiger partial charge on any atom is 0.319 e. The maximum atomic E-state index is 11.8. The molecule has 2 aromatic rings. The van der Waals surface area contributed by atoms with E-state index in [-0.39, 0.29) is 17.0 Å². The molecule has 1 aromatic heterocycles. The van der Waals surface area contributed by atoms with E-state index >= 15 is 0 Å². The summed E-state index contributed by atoms with van der Waals surface area (Å²) in [5.74, 6) is 0. The lowest BCUT2D eigenvalue weighted by atomic mass is 9.97. The van der Waals surface area contributed by atoms with Gasteiger partial charge in [0.1, 0.15) is 0 Å². The Morgan fingerprint density at radius 1 is 1.24 bits per heavy atom. The first-order valence-corrected chi connectivity index (χ1v) is 6.93. The van der Waals surface area contributed by atoms with Crippen LogP contribution in [-0.2, 0) is 0 Å². The summed E-state index contributed by atoms with van der Waals surface area (Å²) in [7, 11) is 0. The third-order valence-corrected chi connectivity index (χ3v) is 3.07. The first-order valence-electron chi connectivity index (χ1n) is 6.93. The Kier molecular flexibility index (Phi) is 4.02. The fourth-order valence-corrected chi connectivity index (χ4v) is 1.91. The number of H-pyrrole nitrogens is 1. The fraction of sp³-hybridized carbons (Fsp3) is 0.375. The second-order valence-electron chi connectivity index (χ2n) is 6.45. The highest BCUT2D eigenvalue weighted by Gasteiger charge is 2.12. The number of aromatic nitrogens is 1. The highest BCUT2D eigenvalue weighted by Crippen LogP contribution is 2.17. The highest BCUT2D eigenvalue weighted by molar-refractivity contribution is 5.92. The summed E-state index contributed by atoms with van der Waals surface area (Å²) >= 11 is 0. The standard InChI is InChI=1S/C16H21N3O2/c1-10-7-11-5-6-12(8-13(11)19-14(10)20)18-15(21)17-9-16(2,3)4/h5-8H,9H2,1-4H3,(H,19,20)(H2,17,18,21). The van der Waals surface area contributed by atoms with Crippen LogP contribution in [0.1, 0.15) is 26.3 Å². The van der Waals surface area contributed by atoms with E-state index in [9.17, 15) is 9.59 Å². The van der Waals surface area contributed by atoms with Gasteiger partial charge in [-0.25, -0.2) is 4.79 Å². The largest absolute Gasteiger partial charge is 0.337 e. The Balaban J connectivity index is 2.14. The summed E-state index contributed by atoms with van der Waals surface area (Å²) in [6, 6.07) is 7.03. The minimum absolute atomic E-state index is 0.0312. The molecule has 0 saturated heterocycles. The molecule has 0 bridgehead atoms. The van der Waals surface area contributed by atoms with Crippen molar-refractivity contribution >= 4 is 22.6 Å². The summed E-state index contributed by atoms with van der Waals surface area (Å²) < 4.78 is 0. The molecule has 3 N–H and O–H groups in total. The minimum Gasteiger partial charge on any atom is -0.337 e. The van der Waals surface area contributed by atoms with Crippen molar-refractivity contribution in [2.75, 3.05) is 11.9 Å². The molecule has 0 fully saturated rings. The van der Waals surface area contributed by atoms with Crippen LogP contribution in [0.25, 0.3) is 10.9 Å². The Labute approximate surface area is 123 Å². The van der Waals surface area contributed by atoms with E-state index in [4.69, 9.17) is 0 Å². The lowest BCUT2D eigenvalue weighted by molar-refractivity contribution is 0.247. The second-order valence-corrected chi connectivity index (χ2v) is 6.45. The predicted molar refractivity (Wildman–Crippen MR) is 85.8 cm³/mol. The van der Waals surface area contributed by atoms with E-state index in [1.807, 2.05) is 18.2 Å². The number of hydrogen-bond acceptors (Lipinski definition) is 2. The molecule has 0 radical (unpaired) electrons. The molecule has 0 aliphatic heterocycles. The zero-order valence-corrected chi connectivity index (χ0v) is 12.8. The summed E-state index contributed by atoms with van der Waals surface area (Å²) in [6.07, 6.45) is 0. The molecular weight excluding hydrogens is 266 g/mol. The van der Waals surface area contributed by atoms with E-state index in [1.54, 1.807) is 13.0 Å². The van der Waals surface area contributed by atoms with Gasteiger partial charge in [0.15, 0.2) is 0 Å². The molecule has 2 rings (SSSR count). The van der Waals surface area contributed by atoms with Gasteiger partial charge in [0, 0.05) is 17.8 Å². The van der Waals surface area contributed by atoms with E-state index in [0.29, 0.717) is 23.3 Å². The molecule has 112 valence electrons. The SMILES string of the molecule is Cc1cc2ccc(NC(=O)NCC(C)(C)C)cc2[nH]c1=O. The Morgan fingerprint density at radius 3 is 2.62 bits per heavy atom. The van der Waals surface area contributed by atoms with Crippen molar-refractivity contribution in [2.24, 2.45) is 5.41 Å². The molecule has 0 saturated carbocycles. The Hall–Kier alpha value is -2.30. The number of aromatic amines is 1. The number of nitrogens with one attached hydrogen (secondary N) is 3. The monoisotopic (exact) mass is 287 g/mol. The zero-order chi connectivity index (χ0) is 15.6. The van der Waals surface area contributed by atoms with E-state index < -0.39 is 0 Å². The van der Waals surface area contributed by atoms with Crippen LogP contribution >= 0.6 is 0 Å². The molecule has 0 atom stereocenters. The smallest absolute Gasteiger partial charge is 0.319 e. The second kappa shape index (κ2) is 5.60. The van der Waals surface area contributed by atoms with Crippen molar-refractivity contribution in [3.8, 4) is 0 Å². The quantitative estimate of drug-likeness (QED) is 0.794. The molecule has 5 heteroatoms. The van der Waals surface area contributed by atoms with Gasteiger partial charge in [0.25, 0.3) is 5.56 Å². The number of urea groups is 1. The zero-order valence-electron chi connectivity index (χ0n) is 12.8. The lowest BCUT2D eigenvalue weighted by Crippen LogP contribution is -2.35. The fourth-order valence-electron chi connectivity index (χ4n) is 1.91. The van der Waals surface area contributed by atoms with Gasteiger partial charge >= 0.3 is 6.03 Å². The molecule has 0 unspecified atom stereocenters. The number of hydrogen-bond donors (Lipinski definition) is 3. The number of carbonyl (C=O) groups is 1. The number of rotatable bonds is 2. The first kappa shape index (κ1) is 15.1. The van der Waals surface area contributed by atoms with Gasteiger partial charge in [-0.2, -0.15) is 0 Å². The van der Waals surface area contributed by atoms with Crippen LogP contribution in [0.2, 0.25) is 0 Å². The average Bonchev–Trinajstić information content (AvgIpc) is 2.37. The van der Waals surface area contributed by atoms with Crippen LogP contribution in [-0.4, -0.2) is 17.6 Å². The average molecular weight is 287 g/mol. The number of aryl methyl sites for hydroxylation is 1. The van der Waals surface area contributed by atoms with Crippen LogP contribution < -0.4 is 16.2 Å². The minimum atomic E-state index is -0.251. The third kappa shape index (κ3) is 4.08. The summed E-state index contributed by atoms with van der Waals surface area (Å²) in [5, 5.41) is 6.52. The lowest BCUT2D eigenvalue weighted by Gasteiger charge is -2.19. The van der Waals surface area contributed by atoms with Gasteiger partial charge < -0.3 is 15.6 Å². The van der Waals surface area contributed by atoms with Crippen LogP contribution in [0, 0.1) is 12.3 Å². The van der Waals surface area contributed by atoms with Gasteiger partial charge in [-0.3, -0.25) is 4.79 Å². The van der Waals surface area contributed by atoms with Crippen molar-refractivity contribution in [2.45, 2.75) is 27.7 Å². The van der Waals surface area contributed by atoms with Crippen molar-refractivity contribution in [3.63, 3.8) is 0 Å². The summed E-state index contributed by atoms with van der Waals surface area (Å²) in [6.45, 7) is 8.51.